The molecule has 104 valence electrons. The Morgan fingerprint density at radius 2 is 1.65 bits per heavy atom. The Labute approximate surface area is 107 Å². The Bertz CT molecular complexity index is 154. The van der Waals surface area contributed by atoms with E-state index in [1.165, 1.54) is 25.7 Å². The fourth-order valence-electron chi connectivity index (χ4n) is 1.66. The van der Waals surface area contributed by atoms with Crippen molar-refractivity contribution in [3.05, 3.63) is 0 Å². The molecule has 3 heteroatoms. The Morgan fingerprint density at radius 3 is 2.06 bits per heavy atom. The summed E-state index contributed by atoms with van der Waals surface area (Å²) in [5.41, 5.74) is 0. The maximum Gasteiger partial charge on any atom is 0.307 e. The molecule has 0 saturated carbocycles. The lowest BCUT2D eigenvalue weighted by molar-refractivity contribution is -0.143. The van der Waals surface area contributed by atoms with E-state index in [4.69, 9.17) is 4.74 Å². The highest BCUT2D eigenvalue weighted by atomic mass is 16.5. The first-order valence-corrected chi connectivity index (χ1v) is 7.13. The Kier molecular flexibility index (Phi) is 17.1. The number of carbonyl (C=O) groups excluding carboxylic acids is 1. The lowest BCUT2D eigenvalue weighted by atomic mass is 10.1. The van der Waals surface area contributed by atoms with Crippen LogP contribution in [0.25, 0.3) is 0 Å². The summed E-state index contributed by atoms with van der Waals surface area (Å²) in [7, 11) is 0. The number of esters is 1. The van der Waals surface area contributed by atoms with Crippen LogP contribution in [0.5, 0.6) is 0 Å². The molecule has 0 aliphatic rings. The molecule has 0 saturated heterocycles. The number of ether oxygens (including phenoxy) is 1. The molecule has 0 aromatic heterocycles. The molecule has 0 aliphatic heterocycles. The molecule has 0 unspecified atom stereocenters. The van der Waals surface area contributed by atoms with E-state index in [-0.39, 0.29) is 5.97 Å². The monoisotopic (exact) mass is 245 g/mol. The largest absolute Gasteiger partial charge is 0.466 e. The van der Waals surface area contributed by atoms with Gasteiger partial charge in [0.2, 0.25) is 0 Å². The number of carbonyl (C=O) groups is 1. The fourth-order valence-corrected chi connectivity index (χ4v) is 1.66. The topological polar surface area (TPSA) is 38.3 Å². The van der Waals surface area contributed by atoms with Crippen LogP contribution >= 0.6 is 0 Å². The molecule has 1 N–H and O–H groups in total. The van der Waals surface area contributed by atoms with E-state index < -0.39 is 0 Å². The van der Waals surface area contributed by atoms with Gasteiger partial charge >= 0.3 is 5.97 Å². The van der Waals surface area contributed by atoms with Gasteiger partial charge in [-0.2, -0.15) is 0 Å². The molecule has 0 aromatic carbocycles. The smallest absolute Gasteiger partial charge is 0.307 e. The first-order chi connectivity index (χ1) is 8.24. The van der Waals surface area contributed by atoms with Crippen molar-refractivity contribution in [2.45, 2.75) is 72.8 Å². The van der Waals surface area contributed by atoms with Gasteiger partial charge in [-0.1, -0.05) is 40.5 Å². The summed E-state index contributed by atoms with van der Waals surface area (Å²) < 4.78 is 4.86. The minimum Gasteiger partial charge on any atom is -0.466 e. The normalized spacial score (nSPS) is 9.76. The first-order valence-electron chi connectivity index (χ1n) is 7.13. The molecule has 0 aliphatic carbocycles. The Hall–Kier alpha value is -0.570. The standard InChI is InChI=1S/C12H25NO2.C2H6/c1-4-7-11(8-5-2)13-10-9-12(14)15-6-3;1-2/h11,13H,4-10H2,1-3H3;1-2H3. The number of hydrogen-bond donors (Lipinski definition) is 1. The fraction of sp³-hybridized carbons (Fsp3) is 0.929. The average molecular weight is 245 g/mol. The highest BCUT2D eigenvalue weighted by molar-refractivity contribution is 5.69. The zero-order chi connectivity index (χ0) is 13.5. The summed E-state index contributed by atoms with van der Waals surface area (Å²) in [5, 5.41) is 3.41. The highest BCUT2D eigenvalue weighted by Gasteiger charge is 2.07. The third kappa shape index (κ3) is 13.4. The van der Waals surface area contributed by atoms with E-state index in [0.717, 1.165) is 6.54 Å². The van der Waals surface area contributed by atoms with E-state index in [1.54, 1.807) is 0 Å². The van der Waals surface area contributed by atoms with Gasteiger partial charge in [0.1, 0.15) is 0 Å². The molecule has 0 fully saturated rings. The van der Waals surface area contributed by atoms with Crippen molar-refractivity contribution in [3.63, 3.8) is 0 Å². The van der Waals surface area contributed by atoms with Crippen LogP contribution < -0.4 is 5.32 Å². The van der Waals surface area contributed by atoms with Crippen LogP contribution in [0.15, 0.2) is 0 Å². The number of rotatable bonds is 9. The van der Waals surface area contributed by atoms with Crippen molar-refractivity contribution in [2.24, 2.45) is 0 Å². The zero-order valence-electron chi connectivity index (χ0n) is 12.3. The average Bonchev–Trinajstić information content (AvgIpc) is 2.32. The second-order valence-corrected chi connectivity index (χ2v) is 3.78. The van der Waals surface area contributed by atoms with Gasteiger partial charge in [-0.3, -0.25) is 4.79 Å². The first kappa shape index (κ1) is 18.8. The second-order valence-electron chi connectivity index (χ2n) is 3.78. The van der Waals surface area contributed by atoms with Gasteiger partial charge in [-0.05, 0) is 19.8 Å². The van der Waals surface area contributed by atoms with Crippen LogP contribution in [0, 0.1) is 0 Å². The van der Waals surface area contributed by atoms with Crippen molar-refractivity contribution < 1.29 is 9.53 Å². The van der Waals surface area contributed by atoms with Crippen LogP contribution in [0.2, 0.25) is 0 Å². The van der Waals surface area contributed by atoms with E-state index >= 15 is 0 Å². The lowest BCUT2D eigenvalue weighted by Crippen LogP contribution is -2.31. The van der Waals surface area contributed by atoms with Crippen LogP contribution in [-0.2, 0) is 9.53 Å². The molecule has 0 bridgehead atoms. The molecule has 0 aromatic rings. The number of nitrogens with one attached hydrogen (secondary N) is 1. The van der Waals surface area contributed by atoms with E-state index in [1.807, 2.05) is 20.8 Å². The molecule has 0 atom stereocenters. The van der Waals surface area contributed by atoms with Crippen LogP contribution in [-0.4, -0.2) is 25.2 Å². The molecular weight excluding hydrogens is 214 g/mol. The molecule has 0 amide bonds. The van der Waals surface area contributed by atoms with Crippen LogP contribution in [0.4, 0.5) is 0 Å². The van der Waals surface area contributed by atoms with Crippen LogP contribution in [0.1, 0.15) is 66.7 Å². The van der Waals surface area contributed by atoms with Gasteiger partial charge in [-0.25, -0.2) is 0 Å². The lowest BCUT2D eigenvalue weighted by Gasteiger charge is -2.16. The van der Waals surface area contributed by atoms with Gasteiger partial charge in [0.15, 0.2) is 0 Å². The maximum atomic E-state index is 11.1. The molecule has 0 radical (unpaired) electrons. The summed E-state index contributed by atoms with van der Waals surface area (Å²) in [5.74, 6) is -0.100. The summed E-state index contributed by atoms with van der Waals surface area (Å²) in [6.45, 7) is 11.4. The Morgan fingerprint density at radius 1 is 1.12 bits per heavy atom. The highest BCUT2D eigenvalue weighted by Crippen LogP contribution is 2.04. The van der Waals surface area contributed by atoms with Crippen LogP contribution in [0.3, 0.4) is 0 Å². The molecule has 0 rings (SSSR count). The molecular formula is C14H31NO2. The van der Waals surface area contributed by atoms with Gasteiger partial charge in [0, 0.05) is 12.6 Å². The van der Waals surface area contributed by atoms with Crippen molar-refractivity contribution in [3.8, 4) is 0 Å². The minimum atomic E-state index is -0.100. The third-order valence-corrected chi connectivity index (χ3v) is 2.34. The van der Waals surface area contributed by atoms with Crippen molar-refractivity contribution in [1.29, 1.82) is 0 Å². The predicted octanol–water partition coefficient (Wildman–Crippen LogP) is 3.52. The van der Waals surface area contributed by atoms with Gasteiger partial charge in [-0.15, -0.1) is 0 Å². The maximum absolute atomic E-state index is 11.1. The SMILES string of the molecule is CC.CCCC(CCC)NCCC(=O)OCC. The molecule has 3 nitrogen and oxygen atoms in total. The third-order valence-electron chi connectivity index (χ3n) is 2.34. The summed E-state index contributed by atoms with van der Waals surface area (Å²) >= 11 is 0. The summed E-state index contributed by atoms with van der Waals surface area (Å²) in [4.78, 5) is 11.1. The number of hydrogen-bond acceptors (Lipinski definition) is 3. The van der Waals surface area contributed by atoms with Crippen molar-refractivity contribution in [2.75, 3.05) is 13.2 Å². The quantitative estimate of drug-likeness (QED) is 0.632. The molecule has 0 spiro atoms. The van der Waals surface area contributed by atoms with E-state index in [2.05, 4.69) is 19.2 Å². The van der Waals surface area contributed by atoms with Gasteiger partial charge < -0.3 is 10.1 Å². The molecule has 17 heavy (non-hydrogen) atoms. The summed E-state index contributed by atoms with van der Waals surface area (Å²) in [6.07, 6.45) is 5.25. The predicted molar refractivity (Wildman–Crippen MR) is 74.2 cm³/mol. The zero-order valence-corrected chi connectivity index (χ0v) is 12.3. The van der Waals surface area contributed by atoms with E-state index in [0.29, 0.717) is 19.1 Å². The second kappa shape index (κ2) is 15.4. The van der Waals surface area contributed by atoms with Gasteiger partial charge in [0.25, 0.3) is 0 Å². The summed E-state index contributed by atoms with van der Waals surface area (Å²) in [6, 6.07) is 0.564. The Balaban J connectivity index is 0. The molecule has 0 heterocycles. The minimum absolute atomic E-state index is 0.100. The van der Waals surface area contributed by atoms with E-state index in [9.17, 15) is 4.79 Å². The van der Waals surface area contributed by atoms with Crippen molar-refractivity contribution in [1.82, 2.24) is 5.32 Å². The van der Waals surface area contributed by atoms with Crippen molar-refractivity contribution >= 4 is 5.97 Å². The van der Waals surface area contributed by atoms with Gasteiger partial charge in [0.05, 0.1) is 13.0 Å².